The van der Waals surface area contributed by atoms with Crippen LogP contribution in [0.2, 0.25) is 0 Å². The first-order chi connectivity index (χ1) is 10.5. The molecule has 1 aromatic rings. The monoisotopic (exact) mass is 349 g/mol. The number of aromatic nitrogens is 2. The first kappa shape index (κ1) is 16.5. The third-order valence-electron chi connectivity index (χ3n) is 4.97. The molecule has 0 aromatic carbocycles. The van der Waals surface area contributed by atoms with Crippen LogP contribution < -0.4 is 4.90 Å². The van der Waals surface area contributed by atoms with Crippen molar-refractivity contribution in [2.24, 2.45) is 0 Å². The molecule has 2 heterocycles. The predicted octanol–water partition coefficient (Wildman–Crippen LogP) is 2.35. The van der Waals surface area contributed by atoms with Gasteiger partial charge in [0, 0.05) is 18.3 Å². The lowest BCUT2D eigenvalue weighted by Crippen LogP contribution is -2.50. The summed E-state index contributed by atoms with van der Waals surface area (Å²) >= 11 is 0. The molecule has 1 spiro atoms. The van der Waals surface area contributed by atoms with Gasteiger partial charge < -0.3 is 4.90 Å². The van der Waals surface area contributed by atoms with Crippen LogP contribution >= 0.6 is 0 Å². The summed E-state index contributed by atoms with van der Waals surface area (Å²) in [6, 6.07) is 1.36. The van der Waals surface area contributed by atoms with E-state index in [-0.39, 0.29) is 17.6 Å². The number of halogens is 3. The number of sulfone groups is 1. The van der Waals surface area contributed by atoms with Crippen molar-refractivity contribution in [3.05, 3.63) is 17.3 Å². The molecular weight excluding hydrogens is 331 g/mol. The molecule has 0 amide bonds. The molecule has 9 heteroatoms. The molecule has 0 radical (unpaired) electrons. The van der Waals surface area contributed by atoms with Crippen molar-refractivity contribution >= 4 is 15.7 Å². The molecule has 0 bridgehead atoms. The molecule has 1 aliphatic carbocycles. The van der Waals surface area contributed by atoms with Gasteiger partial charge in [-0.25, -0.2) is 8.42 Å². The van der Waals surface area contributed by atoms with Crippen molar-refractivity contribution in [2.75, 3.05) is 17.7 Å². The number of nitrogens with zero attached hydrogens (tertiary/aromatic N) is 3. The predicted molar refractivity (Wildman–Crippen MR) is 78.9 cm³/mol. The molecule has 128 valence electrons. The van der Waals surface area contributed by atoms with Crippen molar-refractivity contribution < 1.29 is 21.6 Å². The maximum atomic E-state index is 12.8. The van der Waals surface area contributed by atoms with Crippen LogP contribution in [0, 0.1) is 6.92 Å². The summed E-state index contributed by atoms with van der Waals surface area (Å²) < 4.78 is 62.2. The van der Waals surface area contributed by atoms with Gasteiger partial charge in [-0.1, -0.05) is 0 Å². The molecule has 23 heavy (non-hydrogen) atoms. The standard InChI is InChI=1S/C14H18F3N3O2S/c1-9-6-11(18-19-12(9)14(15,16)17)20-8-10(23(2,21)22)7-13(20)4-3-5-13/h6,10H,3-5,7-8H2,1-2H3. The lowest BCUT2D eigenvalue weighted by molar-refractivity contribution is -0.142. The summed E-state index contributed by atoms with van der Waals surface area (Å²) in [6.45, 7) is 1.61. The first-order valence-corrected chi connectivity index (χ1v) is 9.36. The first-order valence-electron chi connectivity index (χ1n) is 7.41. The fourth-order valence-corrected chi connectivity index (χ4v) is 4.59. The van der Waals surface area contributed by atoms with Gasteiger partial charge in [-0.05, 0) is 44.2 Å². The second-order valence-electron chi connectivity index (χ2n) is 6.58. The van der Waals surface area contributed by atoms with Crippen LogP contribution in [-0.2, 0) is 16.0 Å². The molecular formula is C14H18F3N3O2S. The summed E-state index contributed by atoms with van der Waals surface area (Å²) in [5, 5.41) is 6.57. The smallest absolute Gasteiger partial charge is 0.348 e. The Morgan fingerprint density at radius 2 is 1.96 bits per heavy atom. The number of hydrogen-bond acceptors (Lipinski definition) is 5. The molecule has 2 aliphatic rings. The van der Waals surface area contributed by atoms with Gasteiger partial charge in [0.25, 0.3) is 0 Å². The van der Waals surface area contributed by atoms with Gasteiger partial charge in [-0.15, -0.1) is 10.2 Å². The van der Waals surface area contributed by atoms with E-state index in [1.165, 1.54) is 19.2 Å². The zero-order valence-corrected chi connectivity index (χ0v) is 13.7. The van der Waals surface area contributed by atoms with Crippen molar-refractivity contribution in [1.82, 2.24) is 10.2 Å². The minimum absolute atomic E-state index is 0.000205. The SMILES string of the molecule is Cc1cc(N2CC(S(C)(=O)=O)CC23CCC3)nnc1C(F)(F)F. The Balaban J connectivity index is 1.96. The molecule has 1 aliphatic heterocycles. The van der Waals surface area contributed by atoms with E-state index in [4.69, 9.17) is 0 Å². The van der Waals surface area contributed by atoms with E-state index >= 15 is 0 Å². The third kappa shape index (κ3) is 2.79. The van der Waals surface area contributed by atoms with Crippen LogP contribution in [-0.4, -0.2) is 42.2 Å². The molecule has 5 nitrogen and oxygen atoms in total. The van der Waals surface area contributed by atoms with Crippen molar-refractivity contribution in [1.29, 1.82) is 0 Å². The maximum Gasteiger partial charge on any atom is 0.435 e. The van der Waals surface area contributed by atoms with Gasteiger partial charge in [0.2, 0.25) is 0 Å². The van der Waals surface area contributed by atoms with Crippen LogP contribution in [0.1, 0.15) is 36.9 Å². The van der Waals surface area contributed by atoms with Gasteiger partial charge in [0.15, 0.2) is 21.3 Å². The highest BCUT2D eigenvalue weighted by Crippen LogP contribution is 2.48. The average molecular weight is 349 g/mol. The van der Waals surface area contributed by atoms with Gasteiger partial charge in [-0.3, -0.25) is 0 Å². The van der Waals surface area contributed by atoms with Crippen LogP contribution in [0.5, 0.6) is 0 Å². The van der Waals surface area contributed by atoms with Crippen molar-refractivity contribution in [3.8, 4) is 0 Å². The molecule has 3 rings (SSSR count). The van der Waals surface area contributed by atoms with Gasteiger partial charge >= 0.3 is 6.18 Å². The molecule has 1 saturated carbocycles. The Hall–Kier alpha value is -1.38. The summed E-state index contributed by atoms with van der Waals surface area (Å²) in [5.74, 6) is 0.335. The van der Waals surface area contributed by atoms with E-state index in [1.54, 1.807) is 0 Å². The van der Waals surface area contributed by atoms with Gasteiger partial charge in [-0.2, -0.15) is 13.2 Å². The topological polar surface area (TPSA) is 63.2 Å². The molecule has 0 N–H and O–H groups in total. The van der Waals surface area contributed by atoms with E-state index in [2.05, 4.69) is 10.2 Å². The second-order valence-corrected chi connectivity index (χ2v) is 8.90. The minimum atomic E-state index is -4.54. The van der Waals surface area contributed by atoms with E-state index in [9.17, 15) is 21.6 Å². The molecule has 1 saturated heterocycles. The number of anilines is 1. The highest BCUT2D eigenvalue weighted by molar-refractivity contribution is 7.91. The zero-order chi connectivity index (χ0) is 17.0. The summed E-state index contributed by atoms with van der Waals surface area (Å²) in [6.07, 6.45) is -0.170. The Kier molecular flexibility index (Phi) is 3.62. The van der Waals surface area contributed by atoms with Crippen LogP contribution in [0.3, 0.4) is 0 Å². The lowest BCUT2D eigenvalue weighted by atomic mass is 9.75. The summed E-state index contributed by atoms with van der Waals surface area (Å²) in [5.41, 5.74) is -1.29. The number of rotatable bonds is 2. The Morgan fingerprint density at radius 3 is 2.39 bits per heavy atom. The van der Waals surface area contributed by atoms with Crippen LogP contribution in [0.15, 0.2) is 6.07 Å². The second kappa shape index (κ2) is 5.06. The largest absolute Gasteiger partial charge is 0.435 e. The highest BCUT2D eigenvalue weighted by atomic mass is 32.2. The number of alkyl halides is 3. The fourth-order valence-electron chi connectivity index (χ4n) is 3.56. The van der Waals surface area contributed by atoms with E-state index in [1.807, 2.05) is 4.90 Å². The summed E-state index contributed by atoms with van der Waals surface area (Å²) in [4.78, 5) is 1.85. The molecule has 1 atom stereocenters. The Morgan fingerprint density at radius 1 is 1.30 bits per heavy atom. The maximum absolute atomic E-state index is 12.8. The van der Waals surface area contributed by atoms with Crippen molar-refractivity contribution in [2.45, 2.75) is 49.6 Å². The van der Waals surface area contributed by atoms with Crippen LogP contribution in [0.25, 0.3) is 0 Å². The number of aryl methyl sites for hydroxylation is 1. The minimum Gasteiger partial charge on any atom is -0.348 e. The summed E-state index contributed by atoms with van der Waals surface area (Å²) in [7, 11) is -3.20. The molecule has 1 unspecified atom stereocenters. The van der Waals surface area contributed by atoms with E-state index in [0.717, 1.165) is 19.3 Å². The van der Waals surface area contributed by atoms with Gasteiger partial charge in [0.1, 0.15) is 0 Å². The Bertz CT molecular complexity index is 729. The van der Waals surface area contributed by atoms with Crippen LogP contribution in [0.4, 0.5) is 19.0 Å². The molecule has 1 aromatic heterocycles. The van der Waals surface area contributed by atoms with Crippen molar-refractivity contribution in [3.63, 3.8) is 0 Å². The van der Waals surface area contributed by atoms with Gasteiger partial charge in [0.05, 0.1) is 5.25 Å². The van der Waals surface area contributed by atoms with E-state index in [0.29, 0.717) is 12.2 Å². The quantitative estimate of drug-likeness (QED) is 0.820. The fraction of sp³-hybridized carbons (Fsp3) is 0.714. The Labute approximate surface area is 132 Å². The molecule has 2 fully saturated rings. The number of hydrogen-bond donors (Lipinski definition) is 0. The van der Waals surface area contributed by atoms with E-state index < -0.39 is 27.0 Å². The zero-order valence-electron chi connectivity index (χ0n) is 12.9. The normalized spacial score (nSPS) is 24.0. The third-order valence-corrected chi connectivity index (χ3v) is 6.50. The average Bonchev–Trinajstić information content (AvgIpc) is 2.77. The lowest BCUT2D eigenvalue weighted by Gasteiger charge is -2.46. The highest BCUT2D eigenvalue weighted by Gasteiger charge is 2.52.